The molecule has 0 aromatic carbocycles. The number of hydrogen-bond acceptors (Lipinski definition) is 5. The molecule has 19 heavy (non-hydrogen) atoms. The van der Waals surface area contributed by atoms with Crippen LogP contribution in [0.5, 0.6) is 0 Å². The minimum Gasteiger partial charge on any atom is -0.379 e. The predicted molar refractivity (Wildman–Crippen MR) is 75.1 cm³/mol. The molecular formula is C12H13BrN4O2. The van der Waals surface area contributed by atoms with Gasteiger partial charge in [0, 0.05) is 12.0 Å². The summed E-state index contributed by atoms with van der Waals surface area (Å²) in [6.45, 7) is 3.03. The molecule has 2 aromatic heterocycles. The molecule has 1 atom stereocenters. The number of fused-ring (bicyclic) bond motifs is 1. The first kappa shape index (κ1) is 12.6. The van der Waals surface area contributed by atoms with Crippen LogP contribution in [-0.4, -0.2) is 27.7 Å². The highest BCUT2D eigenvalue weighted by Crippen LogP contribution is 2.25. The zero-order valence-corrected chi connectivity index (χ0v) is 12.0. The maximum Gasteiger partial charge on any atom is 0.266 e. The molecule has 0 saturated carbocycles. The summed E-state index contributed by atoms with van der Waals surface area (Å²) in [5.74, 6) is 0.180. The van der Waals surface area contributed by atoms with Gasteiger partial charge in [-0.2, -0.15) is 4.98 Å². The summed E-state index contributed by atoms with van der Waals surface area (Å²) in [6.07, 6.45) is 0.800. The molecular weight excluding hydrogens is 312 g/mol. The van der Waals surface area contributed by atoms with E-state index in [0.717, 1.165) is 17.5 Å². The molecule has 0 unspecified atom stereocenters. The third-order valence-corrected chi connectivity index (χ3v) is 3.89. The van der Waals surface area contributed by atoms with Gasteiger partial charge in [0.25, 0.3) is 5.56 Å². The van der Waals surface area contributed by atoms with Crippen molar-refractivity contribution in [2.24, 2.45) is 0 Å². The van der Waals surface area contributed by atoms with Gasteiger partial charge in [0.1, 0.15) is 5.65 Å². The highest BCUT2D eigenvalue weighted by Gasteiger charge is 2.23. The first-order chi connectivity index (χ1) is 9.08. The maximum atomic E-state index is 12.4. The number of hydrogen-bond donors (Lipinski definition) is 1. The summed E-state index contributed by atoms with van der Waals surface area (Å²) in [5, 5.41) is 0.826. The summed E-state index contributed by atoms with van der Waals surface area (Å²) in [5.41, 5.74) is 6.93. The molecule has 0 bridgehead atoms. The molecule has 1 fully saturated rings. The lowest BCUT2D eigenvalue weighted by atomic mass is 10.2. The molecule has 2 aromatic rings. The van der Waals surface area contributed by atoms with Crippen molar-refractivity contribution in [2.75, 3.05) is 18.9 Å². The van der Waals surface area contributed by atoms with E-state index in [9.17, 15) is 4.79 Å². The van der Waals surface area contributed by atoms with Crippen molar-refractivity contribution in [1.29, 1.82) is 0 Å². The minimum atomic E-state index is -0.111. The van der Waals surface area contributed by atoms with Crippen molar-refractivity contribution in [3.8, 4) is 0 Å². The van der Waals surface area contributed by atoms with Crippen molar-refractivity contribution in [2.45, 2.75) is 19.4 Å². The van der Waals surface area contributed by atoms with Gasteiger partial charge in [-0.05, 0) is 35.3 Å². The van der Waals surface area contributed by atoms with Crippen LogP contribution in [0.1, 0.15) is 18.2 Å². The number of aryl methyl sites for hydroxylation is 1. The van der Waals surface area contributed by atoms with Crippen LogP contribution in [0.3, 0.4) is 0 Å². The highest BCUT2D eigenvalue weighted by molar-refractivity contribution is 9.10. The Morgan fingerprint density at radius 3 is 3.00 bits per heavy atom. The van der Waals surface area contributed by atoms with E-state index in [1.165, 1.54) is 0 Å². The number of aromatic nitrogens is 3. The van der Waals surface area contributed by atoms with Crippen LogP contribution in [0.25, 0.3) is 11.0 Å². The molecule has 3 rings (SSSR count). The van der Waals surface area contributed by atoms with Crippen LogP contribution in [0.2, 0.25) is 0 Å². The molecule has 0 amide bonds. The smallest absolute Gasteiger partial charge is 0.266 e. The quantitative estimate of drug-likeness (QED) is 0.857. The standard InChI is InChI=1S/C12H13BrN4O2/c1-6-8-4-9(13)11(18)17(7-2-3-19-5-7)10(8)16-12(14)15-6/h4,7H,2-3,5H2,1H3,(H2,14,15,16)/t7-/m1/s1. The van der Waals surface area contributed by atoms with Crippen molar-refractivity contribution >= 4 is 32.9 Å². The Bertz CT molecular complexity index is 707. The van der Waals surface area contributed by atoms with E-state index < -0.39 is 0 Å². The average molecular weight is 325 g/mol. The van der Waals surface area contributed by atoms with Gasteiger partial charge in [0.15, 0.2) is 0 Å². The summed E-state index contributed by atoms with van der Waals surface area (Å²) in [7, 11) is 0. The summed E-state index contributed by atoms with van der Waals surface area (Å²) in [4.78, 5) is 20.7. The number of nitrogens with zero attached hydrogens (tertiary/aromatic N) is 3. The van der Waals surface area contributed by atoms with Crippen LogP contribution in [-0.2, 0) is 4.74 Å². The van der Waals surface area contributed by atoms with Gasteiger partial charge in [0.2, 0.25) is 5.95 Å². The second-order valence-corrected chi connectivity index (χ2v) is 5.44. The fraction of sp³-hybridized carbons (Fsp3) is 0.417. The van der Waals surface area contributed by atoms with E-state index in [1.54, 1.807) is 10.6 Å². The van der Waals surface area contributed by atoms with E-state index in [-0.39, 0.29) is 17.5 Å². The summed E-state index contributed by atoms with van der Waals surface area (Å²) >= 11 is 3.31. The van der Waals surface area contributed by atoms with Gasteiger partial charge in [-0.1, -0.05) is 0 Å². The lowest BCUT2D eigenvalue weighted by molar-refractivity contribution is 0.186. The molecule has 7 heteroatoms. The van der Waals surface area contributed by atoms with Crippen molar-refractivity contribution in [1.82, 2.24) is 14.5 Å². The third kappa shape index (κ3) is 2.02. The molecule has 1 saturated heterocycles. The Kier molecular flexibility index (Phi) is 3.02. The van der Waals surface area contributed by atoms with Crippen molar-refractivity contribution < 1.29 is 4.74 Å². The lowest BCUT2D eigenvalue weighted by Crippen LogP contribution is -2.27. The normalized spacial score (nSPS) is 19.2. The Balaban J connectivity index is 2.39. The Morgan fingerprint density at radius 2 is 2.32 bits per heavy atom. The molecule has 0 radical (unpaired) electrons. The molecule has 3 heterocycles. The molecule has 1 aliphatic heterocycles. The molecule has 0 spiro atoms. The fourth-order valence-electron chi connectivity index (χ4n) is 2.40. The number of ether oxygens (including phenoxy) is 1. The van der Waals surface area contributed by atoms with E-state index in [0.29, 0.717) is 23.3 Å². The van der Waals surface area contributed by atoms with Gasteiger partial charge in [-0.15, -0.1) is 0 Å². The number of nitrogen functional groups attached to an aromatic ring is 1. The third-order valence-electron chi connectivity index (χ3n) is 3.33. The van der Waals surface area contributed by atoms with Crippen molar-refractivity contribution in [3.05, 3.63) is 26.6 Å². The SMILES string of the molecule is Cc1nc(N)nc2c1cc(Br)c(=O)n2[C@@H]1CCOC1. The zero-order valence-electron chi connectivity index (χ0n) is 10.4. The minimum absolute atomic E-state index is 0.00111. The molecule has 1 aliphatic rings. The van der Waals surface area contributed by atoms with Crippen LogP contribution < -0.4 is 11.3 Å². The van der Waals surface area contributed by atoms with E-state index in [4.69, 9.17) is 10.5 Å². The fourth-order valence-corrected chi connectivity index (χ4v) is 2.82. The van der Waals surface area contributed by atoms with E-state index in [2.05, 4.69) is 25.9 Å². The number of halogens is 1. The Hall–Kier alpha value is -1.47. The second-order valence-electron chi connectivity index (χ2n) is 4.59. The molecule has 6 nitrogen and oxygen atoms in total. The molecule has 100 valence electrons. The topological polar surface area (TPSA) is 83.0 Å². The monoisotopic (exact) mass is 324 g/mol. The number of anilines is 1. The predicted octanol–water partition coefficient (Wildman–Crippen LogP) is 1.41. The Morgan fingerprint density at radius 1 is 1.53 bits per heavy atom. The van der Waals surface area contributed by atoms with Crippen LogP contribution in [0.4, 0.5) is 5.95 Å². The van der Waals surface area contributed by atoms with Crippen molar-refractivity contribution in [3.63, 3.8) is 0 Å². The van der Waals surface area contributed by atoms with Crippen LogP contribution >= 0.6 is 15.9 Å². The Labute approximate surface area is 117 Å². The first-order valence-electron chi connectivity index (χ1n) is 6.00. The van der Waals surface area contributed by atoms with Gasteiger partial charge in [-0.3, -0.25) is 9.36 Å². The van der Waals surface area contributed by atoms with Gasteiger partial charge < -0.3 is 10.5 Å². The summed E-state index contributed by atoms with van der Waals surface area (Å²) in [6, 6.07) is 1.75. The highest BCUT2D eigenvalue weighted by atomic mass is 79.9. The first-order valence-corrected chi connectivity index (χ1v) is 6.80. The zero-order chi connectivity index (χ0) is 13.6. The van der Waals surface area contributed by atoms with Crippen LogP contribution in [0.15, 0.2) is 15.3 Å². The molecule has 0 aliphatic carbocycles. The van der Waals surface area contributed by atoms with E-state index in [1.807, 2.05) is 6.92 Å². The number of rotatable bonds is 1. The average Bonchev–Trinajstić information content (AvgIpc) is 2.85. The second kappa shape index (κ2) is 4.57. The van der Waals surface area contributed by atoms with Crippen LogP contribution in [0, 0.1) is 6.92 Å². The summed E-state index contributed by atoms with van der Waals surface area (Å²) < 4.78 is 7.53. The van der Waals surface area contributed by atoms with Gasteiger partial charge >= 0.3 is 0 Å². The molecule has 2 N–H and O–H groups in total. The largest absolute Gasteiger partial charge is 0.379 e. The van der Waals surface area contributed by atoms with E-state index >= 15 is 0 Å². The lowest BCUT2D eigenvalue weighted by Gasteiger charge is -2.16. The maximum absolute atomic E-state index is 12.4. The number of pyridine rings is 1. The number of nitrogens with two attached hydrogens (primary N) is 1. The van der Waals surface area contributed by atoms with Gasteiger partial charge in [-0.25, -0.2) is 4.98 Å². The van der Waals surface area contributed by atoms with Gasteiger partial charge in [0.05, 0.1) is 22.8 Å².